The van der Waals surface area contributed by atoms with E-state index in [2.05, 4.69) is 4.72 Å². The van der Waals surface area contributed by atoms with Gasteiger partial charge in [-0.25, -0.2) is 16.8 Å². The lowest BCUT2D eigenvalue weighted by atomic mass is 10.2. The first-order chi connectivity index (χ1) is 12.2. The molecule has 3 rings (SSSR count). The van der Waals surface area contributed by atoms with Crippen molar-refractivity contribution in [3.8, 4) is 0 Å². The van der Waals surface area contributed by atoms with Crippen molar-refractivity contribution in [3.05, 3.63) is 53.1 Å². The van der Waals surface area contributed by atoms with Crippen LogP contribution in [0.25, 0.3) is 0 Å². The molecule has 0 aromatic heterocycles. The molecule has 0 amide bonds. The molecular weight excluding hydrogens is 396 g/mol. The topological polar surface area (TPSA) is 83.5 Å². The number of halogens is 1. The number of rotatable bonds is 5. The maximum Gasteiger partial charge on any atom is 0.261 e. The molecule has 0 saturated carbocycles. The van der Waals surface area contributed by atoms with Crippen LogP contribution < -0.4 is 4.72 Å². The molecule has 0 radical (unpaired) electrons. The van der Waals surface area contributed by atoms with Gasteiger partial charge in [-0.3, -0.25) is 4.72 Å². The van der Waals surface area contributed by atoms with Crippen LogP contribution in [0.1, 0.15) is 18.4 Å². The van der Waals surface area contributed by atoms with E-state index in [-0.39, 0.29) is 9.79 Å². The Hall–Kier alpha value is -1.61. The first kappa shape index (κ1) is 19.2. The normalized spacial score (nSPS) is 15.9. The van der Waals surface area contributed by atoms with Crippen molar-refractivity contribution in [2.45, 2.75) is 29.6 Å². The van der Waals surface area contributed by atoms with Gasteiger partial charge >= 0.3 is 0 Å². The van der Waals surface area contributed by atoms with Gasteiger partial charge in [0.05, 0.1) is 15.5 Å². The molecule has 0 aliphatic carbocycles. The van der Waals surface area contributed by atoms with Crippen LogP contribution in [0.2, 0.25) is 5.02 Å². The fourth-order valence-electron chi connectivity index (χ4n) is 2.78. The predicted molar refractivity (Wildman–Crippen MR) is 101 cm³/mol. The zero-order valence-corrected chi connectivity index (χ0v) is 16.5. The van der Waals surface area contributed by atoms with Gasteiger partial charge < -0.3 is 0 Å². The lowest BCUT2D eigenvalue weighted by Crippen LogP contribution is -2.27. The van der Waals surface area contributed by atoms with Crippen LogP contribution in [-0.4, -0.2) is 34.2 Å². The summed E-state index contributed by atoms with van der Waals surface area (Å²) in [5, 5.41) is 0.417. The molecule has 2 aromatic rings. The first-order valence-electron chi connectivity index (χ1n) is 8.09. The molecule has 1 heterocycles. The Bertz CT molecular complexity index is 1010. The van der Waals surface area contributed by atoms with E-state index in [1.165, 1.54) is 34.6 Å². The molecule has 1 N–H and O–H groups in total. The van der Waals surface area contributed by atoms with E-state index in [4.69, 9.17) is 11.6 Å². The van der Waals surface area contributed by atoms with Gasteiger partial charge in [0.1, 0.15) is 0 Å². The summed E-state index contributed by atoms with van der Waals surface area (Å²) in [6.45, 7) is 2.76. The van der Waals surface area contributed by atoms with Gasteiger partial charge in [0.25, 0.3) is 10.0 Å². The molecule has 0 unspecified atom stereocenters. The van der Waals surface area contributed by atoms with Crippen molar-refractivity contribution in [3.63, 3.8) is 0 Å². The minimum atomic E-state index is -3.85. The fraction of sp³-hybridized carbons (Fsp3) is 0.294. The van der Waals surface area contributed by atoms with Crippen LogP contribution in [0.5, 0.6) is 0 Å². The molecular formula is C17H19ClN2O4S2. The maximum atomic E-state index is 12.6. The number of hydrogen-bond acceptors (Lipinski definition) is 4. The summed E-state index contributed by atoms with van der Waals surface area (Å²) < 4.78 is 54.1. The van der Waals surface area contributed by atoms with Crippen molar-refractivity contribution in [1.29, 1.82) is 0 Å². The summed E-state index contributed by atoms with van der Waals surface area (Å²) >= 11 is 5.92. The third-order valence-electron chi connectivity index (χ3n) is 4.28. The van der Waals surface area contributed by atoms with Crippen molar-refractivity contribution in [2.75, 3.05) is 17.8 Å². The number of anilines is 1. The van der Waals surface area contributed by atoms with Crippen molar-refractivity contribution in [1.82, 2.24) is 4.31 Å². The Morgan fingerprint density at radius 3 is 2.12 bits per heavy atom. The van der Waals surface area contributed by atoms with Crippen LogP contribution in [0.3, 0.4) is 0 Å². The van der Waals surface area contributed by atoms with E-state index in [1.54, 1.807) is 19.1 Å². The van der Waals surface area contributed by atoms with E-state index < -0.39 is 20.0 Å². The first-order valence-corrected chi connectivity index (χ1v) is 11.4. The molecule has 0 bridgehead atoms. The number of hydrogen-bond donors (Lipinski definition) is 1. The highest BCUT2D eigenvalue weighted by Gasteiger charge is 2.27. The summed E-state index contributed by atoms with van der Waals surface area (Å²) in [7, 11) is -7.42. The van der Waals surface area contributed by atoms with E-state index in [1.807, 2.05) is 0 Å². The molecule has 2 aromatic carbocycles. The van der Waals surface area contributed by atoms with Gasteiger partial charge in [-0.2, -0.15) is 4.31 Å². The minimum absolute atomic E-state index is 0.0164. The highest BCUT2D eigenvalue weighted by molar-refractivity contribution is 7.92. The Morgan fingerprint density at radius 2 is 1.50 bits per heavy atom. The van der Waals surface area contributed by atoms with Crippen LogP contribution in [0.4, 0.5) is 5.69 Å². The Kier molecular flexibility index (Phi) is 5.30. The number of benzene rings is 2. The van der Waals surface area contributed by atoms with Gasteiger partial charge in [0.2, 0.25) is 10.0 Å². The Morgan fingerprint density at radius 1 is 0.923 bits per heavy atom. The molecule has 1 aliphatic rings. The van der Waals surface area contributed by atoms with Gasteiger partial charge in [0.15, 0.2) is 0 Å². The predicted octanol–water partition coefficient (Wildman–Crippen LogP) is 3.23. The van der Waals surface area contributed by atoms with Crippen molar-refractivity contribution < 1.29 is 16.8 Å². The second-order valence-electron chi connectivity index (χ2n) is 6.15. The molecule has 1 fully saturated rings. The summed E-state index contributed by atoms with van der Waals surface area (Å²) in [5.41, 5.74) is 1.11. The van der Waals surface area contributed by atoms with Gasteiger partial charge in [-0.1, -0.05) is 17.7 Å². The van der Waals surface area contributed by atoms with E-state index in [0.29, 0.717) is 23.8 Å². The molecule has 26 heavy (non-hydrogen) atoms. The quantitative estimate of drug-likeness (QED) is 0.814. The third kappa shape index (κ3) is 3.88. The zero-order chi connectivity index (χ0) is 18.9. The molecule has 0 atom stereocenters. The molecule has 0 spiro atoms. The van der Waals surface area contributed by atoms with Crippen molar-refractivity contribution >= 4 is 37.3 Å². The number of nitrogens with one attached hydrogen (secondary N) is 1. The molecule has 140 valence electrons. The molecule has 1 aliphatic heterocycles. The highest BCUT2D eigenvalue weighted by atomic mass is 35.5. The van der Waals surface area contributed by atoms with E-state index >= 15 is 0 Å². The zero-order valence-electron chi connectivity index (χ0n) is 14.1. The van der Waals surface area contributed by atoms with E-state index in [0.717, 1.165) is 18.4 Å². The minimum Gasteiger partial charge on any atom is -0.279 e. The number of nitrogens with zero attached hydrogens (tertiary/aromatic N) is 1. The summed E-state index contributed by atoms with van der Waals surface area (Å²) in [6.07, 6.45) is 1.68. The Balaban J connectivity index is 1.86. The van der Waals surface area contributed by atoms with Gasteiger partial charge in [-0.05, 0) is 61.7 Å². The lowest BCUT2D eigenvalue weighted by Gasteiger charge is -2.16. The van der Waals surface area contributed by atoms with Gasteiger partial charge in [0, 0.05) is 18.1 Å². The standard InChI is InChI=1S/C17H19ClN2O4S2/c1-13-4-5-14(18)12-17(13)19-25(21,22)15-6-8-16(9-7-15)26(23,24)20-10-2-3-11-20/h4-9,12,19H,2-3,10-11H2,1H3. The third-order valence-corrected chi connectivity index (χ3v) is 7.81. The van der Waals surface area contributed by atoms with Crippen LogP contribution in [0.15, 0.2) is 52.3 Å². The lowest BCUT2D eigenvalue weighted by molar-refractivity contribution is 0.477. The number of aryl methyl sites for hydroxylation is 1. The smallest absolute Gasteiger partial charge is 0.261 e. The number of sulfonamides is 2. The second kappa shape index (κ2) is 7.19. The molecule has 1 saturated heterocycles. The SMILES string of the molecule is Cc1ccc(Cl)cc1NS(=O)(=O)c1ccc(S(=O)(=O)N2CCCC2)cc1. The molecule has 9 heteroatoms. The largest absolute Gasteiger partial charge is 0.279 e. The average molecular weight is 415 g/mol. The Labute approximate surface area is 158 Å². The summed E-state index contributed by atoms with van der Waals surface area (Å²) in [4.78, 5) is 0.0783. The highest BCUT2D eigenvalue weighted by Crippen LogP contribution is 2.25. The van der Waals surface area contributed by atoms with Crippen LogP contribution in [-0.2, 0) is 20.0 Å². The van der Waals surface area contributed by atoms with Crippen LogP contribution >= 0.6 is 11.6 Å². The van der Waals surface area contributed by atoms with Crippen LogP contribution in [0, 0.1) is 6.92 Å². The van der Waals surface area contributed by atoms with Crippen molar-refractivity contribution in [2.24, 2.45) is 0 Å². The van der Waals surface area contributed by atoms with Gasteiger partial charge in [-0.15, -0.1) is 0 Å². The molecule has 6 nitrogen and oxygen atoms in total. The average Bonchev–Trinajstić information content (AvgIpc) is 3.13. The second-order valence-corrected chi connectivity index (χ2v) is 10.2. The summed E-state index contributed by atoms with van der Waals surface area (Å²) in [5.74, 6) is 0. The maximum absolute atomic E-state index is 12.6. The fourth-order valence-corrected chi connectivity index (χ4v) is 5.59. The van der Waals surface area contributed by atoms with E-state index in [9.17, 15) is 16.8 Å². The summed E-state index contributed by atoms with van der Waals surface area (Å²) in [6, 6.07) is 10.2. The monoisotopic (exact) mass is 414 g/mol.